The number of ether oxygens (including phenoxy) is 2. The van der Waals surface area contributed by atoms with Gasteiger partial charge >= 0.3 is 0 Å². The second-order valence-corrected chi connectivity index (χ2v) is 16.7. The number of carbonyl (C=O) groups is 4. The lowest BCUT2D eigenvalue weighted by molar-refractivity contribution is 0.0358. The fourth-order valence-corrected chi connectivity index (χ4v) is 8.59. The number of morpholine rings is 1. The minimum absolute atomic E-state index is 0.163. The van der Waals surface area contributed by atoms with Crippen LogP contribution in [0.5, 0.6) is 5.75 Å². The van der Waals surface area contributed by atoms with E-state index >= 15 is 0 Å². The normalized spacial score (nSPS) is 15.9. The quantitative estimate of drug-likeness (QED) is 0.0758. The van der Waals surface area contributed by atoms with Crippen LogP contribution in [0, 0.1) is 0 Å². The molecule has 1 saturated heterocycles. The molecule has 60 heavy (non-hydrogen) atoms. The van der Waals surface area contributed by atoms with Gasteiger partial charge in [-0.25, -0.2) is 15.0 Å². The number of imidazole rings is 2. The molecule has 4 amide bonds. The molecule has 2 saturated carbocycles. The summed E-state index contributed by atoms with van der Waals surface area (Å²) in [6.07, 6.45) is 9.84. The summed E-state index contributed by atoms with van der Waals surface area (Å²) in [5.41, 5.74) is 13.3. The first-order chi connectivity index (χ1) is 29.2. The number of nitrogens with one attached hydrogen (secondary N) is 2. The number of hydrogen-bond acceptors (Lipinski definition) is 16. The Morgan fingerprint density at radius 1 is 0.783 bits per heavy atom. The van der Waals surface area contributed by atoms with Gasteiger partial charge in [-0.2, -0.15) is 0 Å². The summed E-state index contributed by atoms with van der Waals surface area (Å²) in [6, 6.07) is 4.66. The molecule has 0 atom stereocenters. The molecule has 5 aromatic heterocycles. The van der Waals surface area contributed by atoms with Crippen molar-refractivity contribution in [3.8, 4) is 5.75 Å². The van der Waals surface area contributed by atoms with E-state index in [1.54, 1.807) is 21.3 Å². The number of allylic oxidation sites excluding steroid dienone is 2. The zero-order chi connectivity index (χ0) is 41.3. The molecule has 6 N–H and O–H groups in total. The molecule has 6 aromatic rings. The van der Waals surface area contributed by atoms with Gasteiger partial charge in [0.05, 0.1) is 30.9 Å². The first kappa shape index (κ1) is 39.2. The molecule has 0 radical (unpaired) electrons. The highest BCUT2D eigenvalue weighted by atomic mass is 32.1. The predicted molar refractivity (Wildman–Crippen MR) is 220 cm³/mol. The van der Waals surface area contributed by atoms with Gasteiger partial charge < -0.3 is 25.5 Å². The zero-order valence-corrected chi connectivity index (χ0v) is 33.8. The van der Waals surface area contributed by atoms with E-state index in [-0.39, 0.29) is 46.1 Å². The molecule has 1 aromatic carbocycles. The average Bonchev–Trinajstić information content (AvgIpc) is 4.09. The van der Waals surface area contributed by atoms with E-state index in [1.165, 1.54) is 34.9 Å². The van der Waals surface area contributed by atoms with E-state index in [0.29, 0.717) is 66.0 Å². The molecular weight excluding hydrogens is 813 g/mol. The summed E-state index contributed by atoms with van der Waals surface area (Å²) in [5, 5.41) is 24.4. The summed E-state index contributed by atoms with van der Waals surface area (Å²) in [4.78, 5) is 67.5. The van der Waals surface area contributed by atoms with Crippen LogP contribution >= 0.6 is 22.7 Å². The molecule has 1 aliphatic heterocycles. The number of nitrogens with zero attached hydrogens (tertiary/aromatic N) is 10. The lowest BCUT2D eigenvalue weighted by Crippen LogP contribution is -2.37. The minimum Gasteiger partial charge on any atom is -0.491 e. The topological polar surface area (TPSA) is 266 Å². The van der Waals surface area contributed by atoms with Crippen molar-refractivity contribution < 1.29 is 28.7 Å². The maximum Gasteiger partial charge on any atom is 0.288 e. The van der Waals surface area contributed by atoms with E-state index in [0.717, 1.165) is 55.3 Å². The second-order valence-electron chi connectivity index (χ2n) is 14.7. The number of aromatic nitrogens is 9. The average molecular weight is 853 g/mol. The largest absolute Gasteiger partial charge is 0.491 e. The summed E-state index contributed by atoms with van der Waals surface area (Å²) >= 11 is 2.50. The summed E-state index contributed by atoms with van der Waals surface area (Å²) in [7, 11) is 0. The number of amides is 4. The summed E-state index contributed by atoms with van der Waals surface area (Å²) < 4.78 is 15.3. The number of hydrogen-bond donors (Lipinski definition) is 4. The number of primary amides is 2. The van der Waals surface area contributed by atoms with Crippen LogP contribution in [0.25, 0.3) is 22.2 Å². The Hall–Kier alpha value is -6.23. The van der Waals surface area contributed by atoms with Gasteiger partial charge in [0, 0.05) is 56.3 Å². The van der Waals surface area contributed by atoms with Crippen molar-refractivity contribution in [2.75, 3.05) is 50.1 Å². The third kappa shape index (κ3) is 8.57. The molecule has 22 heteroatoms. The van der Waals surface area contributed by atoms with Gasteiger partial charge in [-0.3, -0.25) is 39.3 Å². The van der Waals surface area contributed by atoms with Crippen LogP contribution in [0.2, 0.25) is 0 Å². The molecule has 3 aliphatic rings. The van der Waals surface area contributed by atoms with Crippen LogP contribution in [0.4, 0.5) is 11.9 Å². The smallest absolute Gasteiger partial charge is 0.288 e. The summed E-state index contributed by atoms with van der Waals surface area (Å²) in [5.74, 6) is -0.869. The number of nitrogens with two attached hydrogens (primary N) is 2. The van der Waals surface area contributed by atoms with Crippen molar-refractivity contribution >= 4 is 80.4 Å². The van der Waals surface area contributed by atoms with Crippen LogP contribution in [0.1, 0.15) is 94.3 Å². The number of pyridine rings is 1. The lowest BCUT2D eigenvalue weighted by Gasteiger charge is -2.26. The Kier molecular flexibility index (Phi) is 11.0. The third-order valence-electron chi connectivity index (χ3n) is 10.3. The maximum atomic E-state index is 13.6. The Morgan fingerprint density at radius 3 is 1.98 bits per heavy atom. The van der Waals surface area contributed by atoms with Crippen molar-refractivity contribution in [2.24, 2.45) is 11.5 Å². The van der Waals surface area contributed by atoms with Crippen molar-refractivity contribution in [3.05, 3.63) is 67.7 Å². The molecule has 20 nitrogen and oxygen atoms in total. The van der Waals surface area contributed by atoms with Crippen LogP contribution in [-0.4, -0.2) is 112 Å². The van der Waals surface area contributed by atoms with Gasteiger partial charge in [0.25, 0.3) is 11.8 Å². The highest BCUT2D eigenvalue weighted by Gasteiger charge is 2.30. The highest BCUT2D eigenvalue weighted by Crippen LogP contribution is 2.42. The fraction of sp³-hybridized carbons (Fsp3) is 0.395. The molecule has 2 aliphatic carbocycles. The van der Waals surface area contributed by atoms with Gasteiger partial charge in [0.15, 0.2) is 5.65 Å². The first-order valence-corrected chi connectivity index (χ1v) is 21.2. The van der Waals surface area contributed by atoms with Gasteiger partial charge in [0.2, 0.25) is 33.7 Å². The molecule has 3 fully saturated rings. The van der Waals surface area contributed by atoms with Crippen LogP contribution in [0.15, 0.2) is 36.5 Å². The van der Waals surface area contributed by atoms with Crippen molar-refractivity contribution in [1.82, 2.24) is 49.4 Å². The SMILES string of the molecule is NC(=O)c1cnc2c(c1)nc(NC(=O)c1nnc(C3CC3)s1)n2C/C=C/Cn1c(NC(=O)c2nnc(C3CC3)s2)nc2cc(C(N)=O)cc(OCCCN3CCOCC3)c21. The Balaban J connectivity index is 1.01. The number of fused-ring (bicyclic) bond motifs is 2. The number of anilines is 2. The molecule has 6 heterocycles. The molecule has 310 valence electrons. The molecule has 0 bridgehead atoms. The van der Waals surface area contributed by atoms with E-state index in [9.17, 15) is 19.2 Å². The zero-order valence-electron chi connectivity index (χ0n) is 32.2. The fourth-order valence-electron chi connectivity index (χ4n) is 6.78. The molecule has 0 unspecified atom stereocenters. The number of carbonyl (C=O) groups excluding carboxylic acids is 4. The van der Waals surface area contributed by atoms with Crippen molar-refractivity contribution in [2.45, 2.75) is 57.0 Å². The molecular formula is C38H40N14O6S2. The standard InChI is InChI=1S/C38H40N14O6S2/c39-28(53)22-16-24-27(26(18-22)58-13-3-8-50-11-14-57-15-12-50)51(37(42-24)44-31(55)35-48-46-33(59-35)20-4-5-20)9-1-2-10-52-30-25(17-23(19-41-30)29(40)54)43-38(52)45-32(56)36-49-47-34(60-36)21-6-7-21/h1-2,16-21H,3-15H2,(H2,39,53)(H2,40,54)(H,42,44,55)(H,43,45,56)/b2-1+. The predicted octanol–water partition coefficient (Wildman–Crippen LogP) is 3.30. The minimum atomic E-state index is -0.667. The van der Waals surface area contributed by atoms with Crippen LogP contribution in [0.3, 0.4) is 0 Å². The van der Waals surface area contributed by atoms with E-state index in [2.05, 4.69) is 45.9 Å². The summed E-state index contributed by atoms with van der Waals surface area (Å²) in [6.45, 7) is 4.58. The number of benzene rings is 1. The Morgan fingerprint density at radius 2 is 1.37 bits per heavy atom. The van der Waals surface area contributed by atoms with Crippen LogP contribution < -0.4 is 26.8 Å². The Bertz CT molecular complexity index is 2650. The van der Waals surface area contributed by atoms with Gasteiger partial charge in [-0.1, -0.05) is 34.8 Å². The van der Waals surface area contributed by atoms with E-state index in [4.69, 9.17) is 25.9 Å². The van der Waals surface area contributed by atoms with Gasteiger partial charge in [0.1, 0.15) is 26.8 Å². The second kappa shape index (κ2) is 16.8. The monoisotopic (exact) mass is 852 g/mol. The third-order valence-corrected chi connectivity index (χ3v) is 12.4. The van der Waals surface area contributed by atoms with Gasteiger partial charge in [-0.15, -0.1) is 20.4 Å². The van der Waals surface area contributed by atoms with Crippen molar-refractivity contribution in [1.29, 1.82) is 0 Å². The van der Waals surface area contributed by atoms with Gasteiger partial charge in [-0.05, 0) is 50.3 Å². The molecule has 0 spiro atoms. The van der Waals surface area contributed by atoms with E-state index in [1.807, 2.05) is 12.2 Å². The maximum absolute atomic E-state index is 13.6. The van der Waals surface area contributed by atoms with E-state index < -0.39 is 23.6 Å². The Labute approximate surface area is 349 Å². The number of rotatable bonds is 17. The highest BCUT2D eigenvalue weighted by molar-refractivity contribution is 7.13. The van der Waals surface area contributed by atoms with Crippen LogP contribution in [-0.2, 0) is 17.8 Å². The molecule has 9 rings (SSSR count). The van der Waals surface area contributed by atoms with Crippen molar-refractivity contribution in [3.63, 3.8) is 0 Å². The first-order valence-electron chi connectivity index (χ1n) is 19.6. The lowest BCUT2D eigenvalue weighted by atomic mass is 10.1.